The van der Waals surface area contributed by atoms with Gasteiger partial charge in [0.25, 0.3) is 0 Å². The van der Waals surface area contributed by atoms with E-state index in [4.69, 9.17) is 4.74 Å². The van der Waals surface area contributed by atoms with Crippen LogP contribution in [0.4, 0.5) is 13.2 Å². The summed E-state index contributed by atoms with van der Waals surface area (Å²) in [6, 6.07) is 4.96. The summed E-state index contributed by atoms with van der Waals surface area (Å²) in [6.07, 6.45) is -2.37. The van der Waals surface area contributed by atoms with E-state index in [0.717, 1.165) is 12.1 Å². The molecule has 1 heterocycles. The lowest BCUT2D eigenvalue weighted by Gasteiger charge is -2.34. The molecule has 0 bridgehead atoms. The molecule has 0 spiro atoms. The smallest absolute Gasteiger partial charge is 0.381 e. The van der Waals surface area contributed by atoms with Gasteiger partial charge in [0, 0.05) is 39.6 Å². The molecule has 0 radical (unpaired) electrons. The summed E-state index contributed by atoms with van der Waals surface area (Å²) in [7, 11) is -1.58. The van der Waals surface area contributed by atoms with Crippen LogP contribution in [-0.4, -0.2) is 63.6 Å². The normalized spacial score (nSPS) is 17.8. The van der Waals surface area contributed by atoms with Crippen molar-refractivity contribution in [2.75, 3.05) is 39.6 Å². The minimum absolute atomic E-state index is 0.106. The van der Waals surface area contributed by atoms with Crippen LogP contribution in [0.1, 0.15) is 30.9 Å². The van der Waals surface area contributed by atoms with Crippen LogP contribution in [0, 0.1) is 0 Å². The van der Waals surface area contributed by atoms with Crippen molar-refractivity contribution in [2.24, 2.45) is 4.99 Å². The number of hydrogen-bond donors (Lipinski definition) is 1. The van der Waals surface area contributed by atoms with Crippen molar-refractivity contribution in [2.45, 2.75) is 37.2 Å². The van der Waals surface area contributed by atoms with Crippen molar-refractivity contribution in [1.82, 2.24) is 10.2 Å². The first-order valence-electron chi connectivity index (χ1n) is 9.41. The average Bonchev–Trinajstić information content (AvgIpc) is 2.64. The molecule has 1 aliphatic rings. The second-order valence-electron chi connectivity index (χ2n) is 7.29. The van der Waals surface area contributed by atoms with Gasteiger partial charge in [0.15, 0.2) is 15.8 Å². The average molecular weight is 436 g/mol. The highest BCUT2D eigenvalue weighted by Gasteiger charge is 2.42. The van der Waals surface area contributed by atoms with E-state index >= 15 is 0 Å². The van der Waals surface area contributed by atoms with Gasteiger partial charge in [-0.25, -0.2) is 8.42 Å². The van der Waals surface area contributed by atoms with Crippen molar-refractivity contribution in [3.63, 3.8) is 0 Å². The summed E-state index contributed by atoms with van der Waals surface area (Å²) < 4.78 is 67.3. The van der Waals surface area contributed by atoms with Crippen LogP contribution in [-0.2, 0) is 27.3 Å². The molecular weight excluding hydrogens is 407 g/mol. The third-order valence-corrected chi connectivity index (χ3v) is 7.22. The fraction of sp³-hybridized carbons (Fsp3) is 0.632. The van der Waals surface area contributed by atoms with Crippen molar-refractivity contribution >= 4 is 15.8 Å². The maximum absolute atomic E-state index is 12.7. The van der Waals surface area contributed by atoms with Crippen LogP contribution in [0.3, 0.4) is 0 Å². The number of hydrogen-bond acceptors (Lipinski definition) is 4. The van der Waals surface area contributed by atoms with Gasteiger partial charge in [-0.2, -0.15) is 13.2 Å². The third-order valence-electron chi connectivity index (χ3n) is 5.11. The zero-order valence-corrected chi connectivity index (χ0v) is 17.7. The van der Waals surface area contributed by atoms with Crippen LogP contribution in [0.15, 0.2) is 29.3 Å². The van der Waals surface area contributed by atoms with Crippen LogP contribution in [0.2, 0.25) is 0 Å². The van der Waals surface area contributed by atoms with Gasteiger partial charge in [-0.1, -0.05) is 12.1 Å². The van der Waals surface area contributed by atoms with Crippen LogP contribution in [0.5, 0.6) is 0 Å². The number of alkyl halides is 3. The Morgan fingerprint density at radius 3 is 2.31 bits per heavy atom. The minimum atomic E-state index is -4.37. The van der Waals surface area contributed by atoms with Crippen molar-refractivity contribution in [3.05, 3.63) is 35.4 Å². The zero-order chi connectivity index (χ0) is 21.7. The highest BCUT2D eigenvalue weighted by atomic mass is 32.2. The van der Waals surface area contributed by atoms with E-state index in [-0.39, 0.29) is 6.54 Å². The number of rotatable bonds is 6. The first-order valence-corrected chi connectivity index (χ1v) is 11.3. The largest absolute Gasteiger partial charge is 0.416 e. The highest BCUT2D eigenvalue weighted by Crippen LogP contribution is 2.30. The predicted octanol–water partition coefficient (Wildman–Crippen LogP) is 2.70. The Morgan fingerprint density at radius 1 is 1.24 bits per heavy atom. The molecule has 1 fully saturated rings. The van der Waals surface area contributed by atoms with Gasteiger partial charge in [-0.3, -0.25) is 4.99 Å². The molecule has 0 aromatic heterocycles. The van der Waals surface area contributed by atoms with E-state index in [0.29, 0.717) is 50.7 Å². The highest BCUT2D eigenvalue weighted by molar-refractivity contribution is 7.92. The Bertz CT molecular complexity index is 802. The van der Waals surface area contributed by atoms with Gasteiger partial charge >= 0.3 is 6.18 Å². The molecule has 2 rings (SSSR count). The molecule has 0 saturated carbocycles. The number of ether oxygens (including phenoxy) is 1. The van der Waals surface area contributed by atoms with E-state index in [1.807, 2.05) is 6.92 Å². The standard InChI is InChI=1S/C19H28F3N3O3S/c1-4-23-17(24-14-18(29(3,26)27)9-11-28-12-10-18)25(2)13-15-5-7-16(8-6-15)19(20,21)22/h5-8H,4,9-14H2,1-3H3,(H,23,24). The van der Waals surface area contributed by atoms with Crippen molar-refractivity contribution < 1.29 is 26.3 Å². The minimum Gasteiger partial charge on any atom is -0.381 e. The number of nitrogens with zero attached hydrogens (tertiary/aromatic N) is 2. The Balaban J connectivity index is 2.16. The Labute approximate surface area is 170 Å². The lowest BCUT2D eigenvalue weighted by atomic mass is 9.99. The molecule has 1 saturated heterocycles. The molecule has 1 N–H and O–H groups in total. The van der Waals surface area contributed by atoms with Crippen molar-refractivity contribution in [1.29, 1.82) is 0 Å². The van der Waals surface area contributed by atoms with Gasteiger partial charge < -0.3 is 15.0 Å². The Kier molecular flexibility index (Phi) is 7.56. The topological polar surface area (TPSA) is 71.0 Å². The molecule has 0 unspecified atom stereocenters. The van der Waals surface area contributed by atoms with Crippen LogP contribution >= 0.6 is 0 Å². The second kappa shape index (κ2) is 9.34. The van der Waals surface area contributed by atoms with Crippen molar-refractivity contribution in [3.8, 4) is 0 Å². The van der Waals surface area contributed by atoms with Gasteiger partial charge in [0.05, 0.1) is 16.9 Å². The van der Waals surface area contributed by atoms with E-state index in [2.05, 4.69) is 10.3 Å². The first-order chi connectivity index (χ1) is 13.5. The quantitative estimate of drug-likeness (QED) is 0.550. The molecule has 0 atom stereocenters. The second-order valence-corrected chi connectivity index (χ2v) is 9.70. The van der Waals surface area contributed by atoms with Crippen LogP contribution in [0.25, 0.3) is 0 Å². The molecule has 0 aliphatic carbocycles. The van der Waals surface area contributed by atoms with E-state index < -0.39 is 26.3 Å². The summed E-state index contributed by atoms with van der Waals surface area (Å²) in [6.45, 7) is 3.66. The summed E-state index contributed by atoms with van der Waals surface area (Å²) in [4.78, 5) is 6.31. The van der Waals surface area contributed by atoms with E-state index in [9.17, 15) is 21.6 Å². The summed E-state index contributed by atoms with van der Waals surface area (Å²) >= 11 is 0. The molecule has 6 nitrogen and oxygen atoms in total. The fourth-order valence-corrected chi connectivity index (χ4v) is 4.43. The molecule has 29 heavy (non-hydrogen) atoms. The number of sulfone groups is 1. The van der Waals surface area contributed by atoms with E-state index in [1.165, 1.54) is 18.4 Å². The first kappa shape index (κ1) is 23.5. The van der Waals surface area contributed by atoms with Crippen LogP contribution < -0.4 is 5.32 Å². The lowest BCUT2D eigenvalue weighted by Crippen LogP contribution is -2.47. The monoisotopic (exact) mass is 435 g/mol. The molecule has 1 aromatic rings. The zero-order valence-electron chi connectivity index (χ0n) is 16.9. The van der Waals surface area contributed by atoms with E-state index in [1.54, 1.807) is 11.9 Å². The molecule has 1 aromatic carbocycles. The number of aliphatic imine (C=N–C) groups is 1. The van der Waals surface area contributed by atoms with Gasteiger partial charge in [0.1, 0.15) is 0 Å². The Morgan fingerprint density at radius 2 is 1.83 bits per heavy atom. The number of nitrogens with one attached hydrogen (secondary N) is 1. The summed E-state index contributed by atoms with van der Waals surface area (Å²) in [5.74, 6) is 0.502. The maximum Gasteiger partial charge on any atom is 0.416 e. The number of benzene rings is 1. The SMILES string of the molecule is CCNC(=NCC1(S(C)(=O)=O)CCOCC1)N(C)Cc1ccc(C(F)(F)F)cc1. The van der Waals surface area contributed by atoms with Gasteiger partial charge in [-0.05, 0) is 37.5 Å². The molecule has 164 valence electrons. The Hall–Kier alpha value is -1.81. The van der Waals surface area contributed by atoms with Gasteiger partial charge in [-0.15, -0.1) is 0 Å². The number of halogens is 3. The molecule has 10 heteroatoms. The maximum atomic E-state index is 12.7. The third kappa shape index (κ3) is 6.08. The number of guanidine groups is 1. The summed E-state index contributed by atoms with van der Waals surface area (Å²) in [5, 5.41) is 3.12. The molecule has 1 aliphatic heterocycles. The fourth-order valence-electron chi connectivity index (χ4n) is 3.23. The predicted molar refractivity (Wildman–Crippen MR) is 107 cm³/mol. The molecular formula is C19H28F3N3O3S. The molecule has 0 amide bonds. The summed E-state index contributed by atoms with van der Waals surface area (Å²) in [5.41, 5.74) is -0.00548. The van der Waals surface area contributed by atoms with Gasteiger partial charge in [0.2, 0.25) is 0 Å². The lowest BCUT2D eigenvalue weighted by molar-refractivity contribution is -0.137.